The largest absolute Gasteiger partial charge is 0.459 e. The van der Waals surface area contributed by atoms with E-state index in [1.54, 1.807) is 6.08 Å². The van der Waals surface area contributed by atoms with Crippen LogP contribution in [0.25, 0.3) is 11.1 Å². The van der Waals surface area contributed by atoms with Gasteiger partial charge in [0, 0.05) is 12.0 Å². The van der Waals surface area contributed by atoms with Gasteiger partial charge in [-0.15, -0.1) is 0 Å². The molecule has 2 nitrogen and oxygen atoms in total. The Morgan fingerprint density at radius 2 is 1.59 bits per heavy atom. The molecule has 29 heavy (non-hydrogen) atoms. The van der Waals surface area contributed by atoms with Crippen LogP contribution >= 0.6 is 0 Å². The molecule has 2 atom stereocenters. The first-order valence-corrected chi connectivity index (χ1v) is 10.7. The summed E-state index contributed by atoms with van der Waals surface area (Å²) in [6, 6.07) is 19.3. The van der Waals surface area contributed by atoms with E-state index in [4.69, 9.17) is 4.74 Å². The monoisotopic (exact) mass is 388 g/mol. The van der Waals surface area contributed by atoms with Crippen molar-refractivity contribution >= 4 is 5.97 Å². The second kappa shape index (κ2) is 9.73. The zero-order valence-electron chi connectivity index (χ0n) is 17.8. The fourth-order valence-electron chi connectivity index (χ4n) is 4.43. The number of rotatable bonds is 6. The molecule has 0 aromatic heterocycles. The average molecular weight is 389 g/mol. The van der Waals surface area contributed by atoms with Crippen LogP contribution in [0, 0.1) is 5.92 Å². The number of hydrogen-bond acceptors (Lipinski definition) is 2. The van der Waals surface area contributed by atoms with Crippen molar-refractivity contribution in [2.45, 2.75) is 58.0 Å². The van der Waals surface area contributed by atoms with Gasteiger partial charge in [-0.1, -0.05) is 93.1 Å². The Hall–Kier alpha value is -2.61. The molecule has 0 spiro atoms. The number of carbonyl (C=O) groups is 1. The van der Waals surface area contributed by atoms with E-state index in [0.29, 0.717) is 5.92 Å². The molecule has 0 aliphatic heterocycles. The van der Waals surface area contributed by atoms with Gasteiger partial charge in [0.2, 0.25) is 0 Å². The van der Waals surface area contributed by atoms with Crippen molar-refractivity contribution in [1.82, 2.24) is 0 Å². The number of ether oxygens (including phenoxy) is 1. The number of allylic oxidation sites excluding steroid dienone is 3. The first kappa shape index (κ1) is 21.1. The summed E-state index contributed by atoms with van der Waals surface area (Å²) in [5.74, 6) is 0.0770. The van der Waals surface area contributed by atoms with Crippen molar-refractivity contribution in [3.05, 3.63) is 84.5 Å². The third-order valence-electron chi connectivity index (χ3n) is 6.17. The molecule has 0 saturated heterocycles. The third-order valence-corrected chi connectivity index (χ3v) is 6.17. The van der Waals surface area contributed by atoms with Crippen LogP contribution in [0.5, 0.6) is 0 Å². The van der Waals surface area contributed by atoms with Crippen LogP contribution in [-0.4, -0.2) is 12.1 Å². The Morgan fingerprint density at radius 3 is 2.28 bits per heavy atom. The molecular formula is C27H32O2. The smallest absolute Gasteiger partial charge is 0.331 e. The lowest BCUT2D eigenvalue weighted by molar-refractivity contribution is -0.149. The maximum atomic E-state index is 12.3. The van der Waals surface area contributed by atoms with Gasteiger partial charge >= 0.3 is 5.97 Å². The normalized spacial score (nSPS) is 20.2. The summed E-state index contributed by atoms with van der Waals surface area (Å²) < 4.78 is 5.89. The van der Waals surface area contributed by atoms with Crippen molar-refractivity contribution in [2.75, 3.05) is 0 Å². The first-order chi connectivity index (χ1) is 14.0. The van der Waals surface area contributed by atoms with Gasteiger partial charge in [0.1, 0.15) is 6.10 Å². The summed E-state index contributed by atoms with van der Waals surface area (Å²) in [6.45, 7) is 6.51. The number of hydrogen-bond donors (Lipinski definition) is 0. The highest BCUT2D eigenvalue weighted by Gasteiger charge is 2.40. The van der Waals surface area contributed by atoms with Gasteiger partial charge < -0.3 is 4.74 Å². The summed E-state index contributed by atoms with van der Waals surface area (Å²) in [5, 5.41) is 0. The van der Waals surface area contributed by atoms with Crippen LogP contribution in [0.1, 0.15) is 52.0 Å². The van der Waals surface area contributed by atoms with Crippen molar-refractivity contribution in [3.63, 3.8) is 0 Å². The van der Waals surface area contributed by atoms with Crippen molar-refractivity contribution < 1.29 is 9.53 Å². The summed E-state index contributed by atoms with van der Waals surface area (Å²) in [7, 11) is 0. The molecule has 0 bridgehead atoms. The standard InChI is InChI=1S/C27H32O2/c1-4-5-7-16-26(28)29-25-15-11-10-14-24(25)27(2,3)23-19-17-22(18-20-23)21-12-8-6-9-13-21/h4-9,12-13,16-20,24-25H,10-11,14-15H2,1-3H3/b5-4+,16-7+/t24-,25-/m0/s1. The lowest BCUT2D eigenvalue weighted by Crippen LogP contribution is -2.41. The van der Waals surface area contributed by atoms with Crippen molar-refractivity contribution in [2.24, 2.45) is 5.92 Å². The van der Waals surface area contributed by atoms with Crippen LogP contribution in [0.15, 0.2) is 78.9 Å². The molecule has 1 aliphatic carbocycles. The number of benzene rings is 2. The zero-order valence-corrected chi connectivity index (χ0v) is 17.8. The molecule has 152 valence electrons. The molecule has 0 N–H and O–H groups in total. The van der Waals surface area contributed by atoms with E-state index >= 15 is 0 Å². The van der Waals surface area contributed by atoms with E-state index in [0.717, 1.165) is 19.3 Å². The van der Waals surface area contributed by atoms with Gasteiger partial charge in [0.05, 0.1) is 0 Å². The molecule has 0 radical (unpaired) electrons. The summed E-state index contributed by atoms with van der Waals surface area (Å²) in [5.41, 5.74) is 3.70. The van der Waals surface area contributed by atoms with E-state index < -0.39 is 0 Å². The Bertz CT molecular complexity index is 844. The maximum Gasteiger partial charge on any atom is 0.331 e. The highest BCUT2D eigenvalue weighted by Crippen LogP contribution is 2.42. The van der Waals surface area contributed by atoms with Gasteiger partial charge in [0.25, 0.3) is 0 Å². The average Bonchev–Trinajstić information content (AvgIpc) is 2.75. The van der Waals surface area contributed by atoms with E-state index in [-0.39, 0.29) is 17.5 Å². The number of esters is 1. The number of carbonyl (C=O) groups excluding carboxylic acids is 1. The van der Waals surface area contributed by atoms with Gasteiger partial charge in [0.15, 0.2) is 0 Å². The molecule has 0 heterocycles. The first-order valence-electron chi connectivity index (χ1n) is 10.7. The molecule has 0 unspecified atom stereocenters. The maximum absolute atomic E-state index is 12.3. The summed E-state index contributed by atoms with van der Waals surface area (Å²) >= 11 is 0. The van der Waals surface area contributed by atoms with E-state index in [2.05, 4.69) is 62.4 Å². The van der Waals surface area contributed by atoms with Crippen molar-refractivity contribution in [3.8, 4) is 11.1 Å². The van der Waals surface area contributed by atoms with Gasteiger partial charge in [-0.2, -0.15) is 0 Å². The Morgan fingerprint density at radius 1 is 0.931 bits per heavy atom. The summed E-state index contributed by atoms with van der Waals surface area (Å²) in [6.07, 6.45) is 11.3. The molecule has 2 aromatic carbocycles. The second-order valence-corrected chi connectivity index (χ2v) is 8.42. The summed E-state index contributed by atoms with van der Waals surface area (Å²) in [4.78, 5) is 12.3. The lowest BCUT2D eigenvalue weighted by atomic mass is 9.66. The van der Waals surface area contributed by atoms with Gasteiger partial charge in [-0.25, -0.2) is 4.79 Å². The minimum absolute atomic E-state index is 0.0321. The predicted octanol–water partition coefficient (Wildman–Crippen LogP) is 6.87. The molecule has 1 fully saturated rings. The molecule has 0 amide bonds. The van der Waals surface area contributed by atoms with E-state index in [9.17, 15) is 4.79 Å². The fraction of sp³-hybridized carbons (Fsp3) is 0.370. The predicted molar refractivity (Wildman–Crippen MR) is 121 cm³/mol. The van der Waals surface area contributed by atoms with Crippen LogP contribution in [-0.2, 0) is 14.9 Å². The van der Waals surface area contributed by atoms with Crippen LogP contribution in [0.4, 0.5) is 0 Å². The highest BCUT2D eigenvalue weighted by atomic mass is 16.5. The molecule has 2 aromatic rings. The third kappa shape index (κ3) is 5.26. The van der Waals surface area contributed by atoms with E-state index in [1.165, 1.54) is 29.2 Å². The van der Waals surface area contributed by atoms with Crippen LogP contribution in [0.2, 0.25) is 0 Å². The van der Waals surface area contributed by atoms with Gasteiger partial charge in [-0.3, -0.25) is 0 Å². The Balaban J connectivity index is 1.77. The lowest BCUT2D eigenvalue weighted by Gasteiger charge is -2.42. The minimum atomic E-state index is -0.241. The Labute approximate surface area is 175 Å². The molecular weight excluding hydrogens is 356 g/mol. The van der Waals surface area contributed by atoms with Gasteiger partial charge in [-0.05, 0) is 48.3 Å². The molecule has 1 aliphatic rings. The molecule has 1 saturated carbocycles. The highest BCUT2D eigenvalue weighted by molar-refractivity contribution is 5.82. The topological polar surface area (TPSA) is 26.3 Å². The van der Waals surface area contributed by atoms with Crippen LogP contribution in [0.3, 0.4) is 0 Å². The minimum Gasteiger partial charge on any atom is -0.459 e. The van der Waals surface area contributed by atoms with E-state index in [1.807, 2.05) is 25.1 Å². The quantitative estimate of drug-likeness (QED) is 0.307. The van der Waals surface area contributed by atoms with Crippen LogP contribution < -0.4 is 0 Å². The second-order valence-electron chi connectivity index (χ2n) is 8.42. The molecule has 3 rings (SSSR count). The fourth-order valence-corrected chi connectivity index (χ4v) is 4.43. The SMILES string of the molecule is C/C=C/C=C/C(=O)O[C@H]1CCCC[C@@H]1C(C)(C)c1ccc(-c2ccccc2)cc1. The van der Waals surface area contributed by atoms with Crippen molar-refractivity contribution in [1.29, 1.82) is 0 Å². The Kier molecular flexibility index (Phi) is 7.09. The zero-order chi connectivity index (χ0) is 20.7. The molecule has 2 heteroatoms.